The van der Waals surface area contributed by atoms with Gasteiger partial charge in [0.15, 0.2) is 0 Å². The third kappa shape index (κ3) is 3.12. The van der Waals surface area contributed by atoms with Crippen LogP contribution in [0.15, 0.2) is 18.3 Å². The van der Waals surface area contributed by atoms with E-state index in [2.05, 4.69) is 36.2 Å². The number of nitrogens with zero attached hydrogens (tertiary/aromatic N) is 2. The standard InChI is InChI=1S/C15H20ClN3O/c1-9(2)13-6-11(16)7-14(15(13)20-4)10(3)5-12-8-17-19-18-12/h6-10H,5H2,1-4H3,(H,17,18,19). The lowest BCUT2D eigenvalue weighted by Crippen LogP contribution is -2.05. The normalized spacial score (nSPS) is 12.7. The highest BCUT2D eigenvalue weighted by Gasteiger charge is 2.19. The zero-order valence-corrected chi connectivity index (χ0v) is 13.0. The average Bonchev–Trinajstić information content (AvgIpc) is 2.90. The van der Waals surface area contributed by atoms with Crippen LogP contribution >= 0.6 is 11.6 Å². The number of hydrogen-bond acceptors (Lipinski definition) is 3. The summed E-state index contributed by atoms with van der Waals surface area (Å²) >= 11 is 6.26. The number of ether oxygens (including phenoxy) is 1. The van der Waals surface area contributed by atoms with Crippen molar-refractivity contribution >= 4 is 11.6 Å². The van der Waals surface area contributed by atoms with Gasteiger partial charge in [-0.25, -0.2) is 0 Å². The van der Waals surface area contributed by atoms with Crippen molar-refractivity contribution in [2.24, 2.45) is 0 Å². The second kappa shape index (κ2) is 6.27. The van der Waals surface area contributed by atoms with Crippen LogP contribution in [-0.4, -0.2) is 22.5 Å². The fraction of sp³-hybridized carbons (Fsp3) is 0.467. The first-order valence-corrected chi connectivity index (χ1v) is 7.12. The summed E-state index contributed by atoms with van der Waals surface area (Å²) in [5.74, 6) is 1.55. The van der Waals surface area contributed by atoms with Crippen LogP contribution in [0.4, 0.5) is 0 Å². The van der Waals surface area contributed by atoms with E-state index in [1.807, 2.05) is 12.1 Å². The third-order valence-electron chi connectivity index (χ3n) is 3.45. The van der Waals surface area contributed by atoms with Gasteiger partial charge < -0.3 is 4.74 Å². The maximum atomic E-state index is 6.26. The Morgan fingerprint density at radius 2 is 1.95 bits per heavy atom. The van der Waals surface area contributed by atoms with Crippen LogP contribution < -0.4 is 4.74 Å². The van der Waals surface area contributed by atoms with E-state index < -0.39 is 0 Å². The molecular formula is C15H20ClN3O. The zero-order chi connectivity index (χ0) is 14.7. The second-order valence-electron chi connectivity index (χ2n) is 5.34. The van der Waals surface area contributed by atoms with E-state index in [0.717, 1.165) is 34.0 Å². The molecule has 2 rings (SSSR count). The molecule has 0 saturated carbocycles. The summed E-state index contributed by atoms with van der Waals surface area (Å²) in [7, 11) is 1.71. The molecule has 108 valence electrons. The minimum Gasteiger partial charge on any atom is -0.496 e. The Hall–Kier alpha value is -1.55. The molecule has 0 fully saturated rings. The van der Waals surface area contributed by atoms with Crippen molar-refractivity contribution in [2.45, 2.75) is 39.0 Å². The van der Waals surface area contributed by atoms with Crippen molar-refractivity contribution in [3.63, 3.8) is 0 Å². The Balaban J connectivity index is 2.39. The molecule has 0 aliphatic rings. The van der Waals surface area contributed by atoms with E-state index in [4.69, 9.17) is 16.3 Å². The van der Waals surface area contributed by atoms with Crippen LogP contribution in [0, 0.1) is 0 Å². The highest BCUT2D eigenvalue weighted by Crippen LogP contribution is 2.38. The molecule has 0 spiro atoms. The molecule has 20 heavy (non-hydrogen) atoms. The molecule has 0 bridgehead atoms. The number of benzene rings is 1. The predicted octanol–water partition coefficient (Wildman–Crippen LogP) is 3.94. The Morgan fingerprint density at radius 3 is 2.50 bits per heavy atom. The number of H-pyrrole nitrogens is 1. The van der Waals surface area contributed by atoms with E-state index in [1.165, 1.54) is 0 Å². The topological polar surface area (TPSA) is 50.8 Å². The summed E-state index contributed by atoms with van der Waals surface area (Å²) in [6.45, 7) is 6.42. The molecule has 1 heterocycles. The Labute approximate surface area is 124 Å². The van der Waals surface area contributed by atoms with Crippen LogP contribution in [-0.2, 0) is 6.42 Å². The second-order valence-corrected chi connectivity index (χ2v) is 5.78. The molecule has 1 aromatic heterocycles. The minimum absolute atomic E-state index is 0.256. The number of halogens is 1. The molecule has 1 aromatic carbocycles. The van der Waals surface area contributed by atoms with Crippen molar-refractivity contribution in [3.05, 3.63) is 40.2 Å². The highest BCUT2D eigenvalue weighted by molar-refractivity contribution is 6.30. The smallest absolute Gasteiger partial charge is 0.125 e. The van der Waals surface area contributed by atoms with Gasteiger partial charge in [0, 0.05) is 5.02 Å². The molecule has 1 atom stereocenters. The Kier molecular flexibility index (Phi) is 4.65. The van der Waals surface area contributed by atoms with Gasteiger partial charge in [-0.15, -0.1) is 0 Å². The molecular weight excluding hydrogens is 274 g/mol. The number of aromatic nitrogens is 3. The number of methoxy groups -OCH3 is 1. The summed E-state index contributed by atoms with van der Waals surface area (Å²) < 4.78 is 5.63. The molecule has 5 heteroatoms. The fourth-order valence-electron chi connectivity index (χ4n) is 2.41. The van der Waals surface area contributed by atoms with Crippen LogP contribution in [0.3, 0.4) is 0 Å². The largest absolute Gasteiger partial charge is 0.496 e. The van der Waals surface area contributed by atoms with Crippen molar-refractivity contribution in [3.8, 4) is 5.75 Å². The van der Waals surface area contributed by atoms with Crippen LogP contribution in [0.5, 0.6) is 5.75 Å². The zero-order valence-electron chi connectivity index (χ0n) is 12.3. The first kappa shape index (κ1) is 14.9. The number of nitrogens with one attached hydrogen (secondary N) is 1. The molecule has 1 N–H and O–H groups in total. The summed E-state index contributed by atoms with van der Waals surface area (Å²) in [4.78, 5) is 0. The highest BCUT2D eigenvalue weighted by atomic mass is 35.5. The van der Waals surface area contributed by atoms with E-state index in [0.29, 0.717) is 5.92 Å². The Bertz CT molecular complexity index is 567. The van der Waals surface area contributed by atoms with Crippen molar-refractivity contribution < 1.29 is 4.74 Å². The molecule has 2 aromatic rings. The van der Waals surface area contributed by atoms with Crippen LogP contribution in [0.1, 0.15) is 49.4 Å². The maximum Gasteiger partial charge on any atom is 0.125 e. The van der Waals surface area contributed by atoms with E-state index in [1.54, 1.807) is 13.3 Å². The minimum atomic E-state index is 0.256. The average molecular weight is 294 g/mol. The SMILES string of the molecule is COc1c(C(C)C)cc(Cl)cc1C(C)Cc1cn[nH]n1. The lowest BCUT2D eigenvalue weighted by molar-refractivity contribution is 0.399. The maximum absolute atomic E-state index is 6.26. The summed E-state index contributed by atoms with van der Waals surface area (Å²) in [6.07, 6.45) is 2.54. The number of aromatic amines is 1. The van der Waals surface area contributed by atoms with Crippen LogP contribution in [0.25, 0.3) is 0 Å². The van der Waals surface area contributed by atoms with Crippen LogP contribution in [0.2, 0.25) is 5.02 Å². The van der Waals surface area contributed by atoms with Crippen molar-refractivity contribution in [1.82, 2.24) is 15.4 Å². The molecule has 0 saturated heterocycles. The quantitative estimate of drug-likeness (QED) is 0.908. The van der Waals surface area contributed by atoms with Gasteiger partial charge >= 0.3 is 0 Å². The number of hydrogen-bond donors (Lipinski definition) is 1. The van der Waals surface area contributed by atoms with E-state index >= 15 is 0 Å². The van der Waals surface area contributed by atoms with Gasteiger partial charge in [-0.2, -0.15) is 15.4 Å². The van der Waals surface area contributed by atoms with Gasteiger partial charge in [0.2, 0.25) is 0 Å². The van der Waals surface area contributed by atoms with Gasteiger partial charge in [-0.1, -0.05) is 32.4 Å². The predicted molar refractivity (Wildman–Crippen MR) is 80.6 cm³/mol. The number of rotatable bonds is 5. The fourth-order valence-corrected chi connectivity index (χ4v) is 2.65. The van der Waals surface area contributed by atoms with E-state index in [9.17, 15) is 0 Å². The van der Waals surface area contributed by atoms with Gasteiger partial charge in [-0.05, 0) is 41.5 Å². The third-order valence-corrected chi connectivity index (χ3v) is 3.67. The van der Waals surface area contributed by atoms with Gasteiger partial charge in [0.05, 0.1) is 19.0 Å². The van der Waals surface area contributed by atoms with Crippen molar-refractivity contribution in [1.29, 1.82) is 0 Å². The molecule has 0 aliphatic heterocycles. The lowest BCUT2D eigenvalue weighted by atomic mass is 9.90. The monoisotopic (exact) mass is 293 g/mol. The lowest BCUT2D eigenvalue weighted by Gasteiger charge is -2.20. The first-order chi connectivity index (χ1) is 9.52. The molecule has 4 nitrogen and oxygen atoms in total. The molecule has 0 amide bonds. The summed E-state index contributed by atoms with van der Waals surface area (Å²) in [5, 5.41) is 11.3. The summed E-state index contributed by atoms with van der Waals surface area (Å²) in [6, 6.07) is 3.97. The molecule has 1 unspecified atom stereocenters. The molecule has 0 aliphatic carbocycles. The summed E-state index contributed by atoms with van der Waals surface area (Å²) in [5.41, 5.74) is 3.19. The van der Waals surface area contributed by atoms with Crippen molar-refractivity contribution in [2.75, 3.05) is 7.11 Å². The Morgan fingerprint density at radius 1 is 1.25 bits per heavy atom. The van der Waals surface area contributed by atoms with Gasteiger partial charge in [0.1, 0.15) is 5.75 Å². The first-order valence-electron chi connectivity index (χ1n) is 6.74. The van der Waals surface area contributed by atoms with E-state index in [-0.39, 0.29) is 5.92 Å². The van der Waals surface area contributed by atoms with Gasteiger partial charge in [0.25, 0.3) is 0 Å². The van der Waals surface area contributed by atoms with Gasteiger partial charge in [-0.3, -0.25) is 0 Å². The molecule has 0 radical (unpaired) electrons.